The number of nitrogens with two attached hydrogens (primary N) is 2. The molecule has 0 saturated carbocycles. The van der Waals surface area contributed by atoms with Gasteiger partial charge in [-0.05, 0) is 17.5 Å². The van der Waals surface area contributed by atoms with E-state index in [0.717, 1.165) is 22.1 Å². The largest absolute Gasteiger partial charge is 0.496 e. The first-order valence-corrected chi connectivity index (χ1v) is 6.02. The van der Waals surface area contributed by atoms with Crippen molar-refractivity contribution in [1.29, 1.82) is 0 Å². The lowest BCUT2D eigenvalue weighted by molar-refractivity contribution is 0.420. The second-order valence-electron chi connectivity index (χ2n) is 4.24. The first-order chi connectivity index (χ1) is 9.69. The number of anilines is 2. The van der Waals surface area contributed by atoms with Gasteiger partial charge in [-0.15, -0.1) is 0 Å². The summed E-state index contributed by atoms with van der Waals surface area (Å²) in [6.07, 6.45) is 0. The molecule has 0 spiro atoms. The number of nitrogen functional groups attached to an aromatic ring is 2. The number of ether oxygens (including phenoxy) is 1. The second-order valence-corrected chi connectivity index (χ2v) is 4.24. The van der Waals surface area contributed by atoms with Gasteiger partial charge in [0, 0.05) is 10.9 Å². The molecule has 0 amide bonds. The summed E-state index contributed by atoms with van der Waals surface area (Å²) in [5.41, 5.74) is 12.1. The van der Waals surface area contributed by atoms with Crippen molar-refractivity contribution in [3.63, 3.8) is 0 Å². The summed E-state index contributed by atoms with van der Waals surface area (Å²) in [4.78, 5) is 12.1. The SMILES string of the molecule is COc1ccc(-c2nc(N)nc(N)n2)c2ccccc12. The lowest BCUT2D eigenvalue weighted by Gasteiger charge is -2.10. The van der Waals surface area contributed by atoms with Crippen LogP contribution in [-0.4, -0.2) is 22.1 Å². The van der Waals surface area contributed by atoms with Gasteiger partial charge in [0.2, 0.25) is 11.9 Å². The summed E-state index contributed by atoms with van der Waals surface area (Å²) in [7, 11) is 1.64. The third-order valence-electron chi connectivity index (χ3n) is 3.01. The van der Waals surface area contributed by atoms with Gasteiger partial charge in [-0.2, -0.15) is 15.0 Å². The summed E-state index contributed by atoms with van der Waals surface area (Å²) in [6, 6.07) is 11.6. The van der Waals surface area contributed by atoms with E-state index in [-0.39, 0.29) is 11.9 Å². The molecule has 0 radical (unpaired) electrons. The molecule has 6 heteroatoms. The number of benzene rings is 2. The minimum atomic E-state index is 0.104. The Hall–Kier alpha value is -2.89. The quantitative estimate of drug-likeness (QED) is 0.735. The first kappa shape index (κ1) is 12.2. The Morgan fingerprint density at radius 3 is 2.15 bits per heavy atom. The number of hydrogen-bond acceptors (Lipinski definition) is 6. The van der Waals surface area contributed by atoms with Crippen molar-refractivity contribution in [3.8, 4) is 17.1 Å². The number of methoxy groups -OCH3 is 1. The first-order valence-electron chi connectivity index (χ1n) is 6.02. The van der Waals surface area contributed by atoms with Gasteiger partial charge in [0.25, 0.3) is 0 Å². The third-order valence-corrected chi connectivity index (χ3v) is 3.01. The molecule has 0 aliphatic carbocycles. The van der Waals surface area contributed by atoms with E-state index in [0.29, 0.717) is 5.82 Å². The van der Waals surface area contributed by atoms with Crippen LogP contribution in [0.5, 0.6) is 5.75 Å². The molecule has 6 nitrogen and oxygen atoms in total. The van der Waals surface area contributed by atoms with Crippen LogP contribution >= 0.6 is 0 Å². The van der Waals surface area contributed by atoms with Crippen molar-refractivity contribution >= 4 is 22.7 Å². The molecule has 0 aliphatic heterocycles. The molecule has 20 heavy (non-hydrogen) atoms. The summed E-state index contributed by atoms with van der Waals surface area (Å²) in [5, 5.41) is 1.95. The summed E-state index contributed by atoms with van der Waals surface area (Å²) in [6.45, 7) is 0. The van der Waals surface area contributed by atoms with Crippen molar-refractivity contribution in [2.24, 2.45) is 0 Å². The van der Waals surface area contributed by atoms with E-state index in [1.807, 2.05) is 36.4 Å². The van der Waals surface area contributed by atoms with Crippen LogP contribution in [0, 0.1) is 0 Å². The van der Waals surface area contributed by atoms with Crippen LogP contribution in [-0.2, 0) is 0 Å². The molecule has 0 bridgehead atoms. The fourth-order valence-electron chi connectivity index (χ4n) is 2.17. The minimum absolute atomic E-state index is 0.104. The molecule has 0 fully saturated rings. The fourth-order valence-corrected chi connectivity index (χ4v) is 2.17. The van der Waals surface area contributed by atoms with E-state index < -0.39 is 0 Å². The summed E-state index contributed by atoms with van der Waals surface area (Å²) in [5.74, 6) is 1.45. The maximum absolute atomic E-state index is 5.63. The molecule has 4 N–H and O–H groups in total. The standard InChI is InChI=1S/C14H13N5O/c1-20-11-7-6-10(8-4-2-3-5-9(8)11)12-17-13(15)19-14(16)18-12/h2-7H,1H3,(H4,15,16,17,18,19). The van der Waals surface area contributed by atoms with Crippen molar-refractivity contribution in [2.75, 3.05) is 18.6 Å². The van der Waals surface area contributed by atoms with Gasteiger partial charge in [0.05, 0.1) is 7.11 Å². The van der Waals surface area contributed by atoms with Gasteiger partial charge < -0.3 is 16.2 Å². The molecule has 0 atom stereocenters. The third kappa shape index (κ3) is 1.97. The highest BCUT2D eigenvalue weighted by atomic mass is 16.5. The Kier molecular flexibility index (Phi) is 2.83. The molecule has 0 saturated heterocycles. The van der Waals surface area contributed by atoms with E-state index in [4.69, 9.17) is 16.2 Å². The van der Waals surface area contributed by atoms with Crippen molar-refractivity contribution in [1.82, 2.24) is 15.0 Å². The van der Waals surface area contributed by atoms with Crippen LogP contribution < -0.4 is 16.2 Å². The zero-order valence-corrected chi connectivity index (χ0v) is 10.9. The zero-order chi connectivity index (χ0) is 14.1. The van der Waals surface area contributed by atoms with Gasteiger partial charge in [-0.25, -0.2) is 0 Å². The number of rotatable bonds is 2. The second kappa shape index (κ2) is 4.65. The van der Waals surface area contributed by atoms with E-state index in [2.05, 4.69) is 15.0 Å². The minimum Gasteiger partial charge on any atom is -0.496 e. The molecule has 100 valence electrons. The number of hydrogen-bond donors (Lipinski definition) is 2. The Morgan fingerprint density at radius 1 is 0.850 bits per heavy atom. The predicted molar refractivity (Wildman–Crippen MR) is 78.1 cm³/mol. The van der Waals surface area contributed by atoms with E-state index in [9.17, 15) is 0 Å². The van der Waals surface area contributed by atoms with Gasteiger partial charge >= 0.3 is 0 Å². The van der Waals surface area contributed by atoms with Crippen LogP contribution in [0.4, 0.5) is 11.9 Å². The van der Waals surface area contributed by atoms with Crippen molar-refractivity contribution < 1.29 is 4.74 Å². The molecule has 1 aromatic heterocycles. The van der Waals surface area contributed by atoms with Gasteiger partial charge in [0.1, 0.15) is 5.75 Å². The van der Waals surface area contributed by atoms with E-state index >= 15 is 0 Å². The maximum atomic E-state index is 5.63. The normalized spacial score (nSPS) is 10.7. The van der Waals surface area contributed by atoms with Gasteiger partial charge in [-0.3, -0.25) is 0 Å². The average molecular weight is 267 g/mol. The highest BCUT2D eigenvalue weighted by Gasteiger charge is 2.11. The Labute approximate surface area is 115 Å². The average Bonchev–Trinajstić information content (AvgIpc) is 2.45. The van der Waals surface area contributed by atoms with Gasteiger partial charge in [-0.1, -0.05) is 24.3 Å². The number of fused-ring (bicyclic) bond motifs is 1. The Balaban J connectivity index is 2.31. The van der Waals surface area contributed by atoms with Crippen molar-refractivity contribution in [2.45, 2.75) is 0 Å². The molecule has 0 aliphatic rings. The Bertz CT molecular complexity index is 767. The van der Waals surface area contributed by atoms with Crippen LogP contribution in [0.1, 0.15) is 0 Å². The molecule has 1 heterocycles. The monoisotopic (exact) mass is 267 g/mol. The van der Waals surface area contributed by atoms with Crippen LogP contribution in [0.15, 0.2) is 36.4 Å². The van der Waals surface area contributed by atoms with Crippen molar-refractivity contribution in [3.05, 3.63) is 36.4 Å². The number of nitrogens with zero attached hydrogens (tertiary/aromatic N) is 3. The number of aromatic nitrogens is 3. The zero-order valence-electron chi connectivity index (χ0n) is 10.9. The van der Waals surface area contributed by atoms with E-state index in [1.54, 1.807) is 7.11 Å². The fraction of sp³-hybridized carbons (Fsp3) is 0.0714. The van der Waals surface area contributed by atoms with Crippen LogP contribution in [0.2, 0.25) is 0 Å². The molecular formula is C14H13N5O. The highest BCUT2D eigenvalue weighted by Crippen LogP contribution is 2.33. The maximum Gasteiger partial charge on any atom is 0.225 e. The smallest absolute Gasteiger partial charge is 0.225 e. The topological polar surface area (TPSA) is 99.9 Å². The van der Waals surface area contributed by atoms with Crippen LogP contribution in [0.3, 0.4) is 0 Å². The highest BCUT2D eigenvalue weighted by molar-refractivity contribution is 5.98. The van der Waals surface area contributed by atoms with Crippen LogP contribution in [0.25, 0.3) is 22.2 Å². The molecule has 2 aromatic carbocycles. The Morgan fingerprint density at radius 2 is 1.50 bits per heavy atom. The lowest BCUT2D eigenvalue weighted by atomic mass is 10.0. The van der Waals surface area contributed by atoms with Gasteiger partial charge in [0.15, 0.2) is 5.82 Å². The van der Waals surface area contributed by atoms with E-state index in [1.165, 1.54) is 0 Å². The molecule has 3 aromatic rings. The lowest BCUT2D eigenvalue weighted by Crippen LogP contribution is -2.04. The summed E-state index contributed by atoms with van der Waals surface area (Å²) < 4.78 is 5.36. The summed E-state index contributed by atoms with van der Waals surface area (Å²) >= 11 is 0. The molecule has 3 rings (SSSR count). The molecule has 0 unspecified atom stereocenters. The predicted octanol–water partition coefficient (Wildman–Crippen LogP) is 1.86. The molecular weight excluding hydrogens is 254 g/mol.